The summed E-state index contributed by atoms with van der Waals surface area (Å²) in [4.78, 5) is 2.14. The Morgan fingerprint density at radius 1 is 1.90 bits per heavy atom. The van der Waals surface area contributed by atoms with Crippen LogP contribution in [0.4, 0.5) is 0 Å². The van der Waals surface area contributed by atoms with Crippen LogP contribution in [0.1, 0.15) is 13.3 Å². The molecule has 1 fully saturated rings. The Balaban J connectivity index is 2.58. The average Bonchev–Trinajstić information content (AvgIpc) is 2.30. The third-order valence-electron chi connectivity index (χ3n) is 1.84. The minimum Gasteiger partial charge on any atom is -0.349 e. The molecule has 10 heavy (non-hydrogen) atoms. The van der Waals surface area contributed by atoms with E-state index in [0.29, 0.717) is 6.04 Å². The van der Waals surface area contributed by atoms with Gasteiger partial charge in [0.2, 0.25) is 0 Å². The second-order valence-corrected chi connectivity index (χ2v) is 3.38. The number of hydrogen-bond acceptors (Lipinski definition) is 3. The van der Waals surface area contributed by atoms with Crippen LogP contribution in [0.5, 0.6) is 0 Å². The van der Waals surface area contributed by atoms with Crippen molar-refractivity contribution in [2.24, 2.45) is 10.9 Å². The number of rotatable bonds is 1. The molecule has 0 bridgehead atoms. The quantitative estimate of drug-likeness (QED) is 0.452. The molecule has 0 radical (unpaired) electrons. The molecule has 0 unspecified atom stereocenters. The minimum atomic E-state index is 0.632. The van der Waals surface area contributed by atoms with Gasteiger partial charge in [-0.2, -0.15) is 5.10 Å². The molecule has 1 saturated heterocycles. The SMILES string of the molecule is CC[C@@H]1CS/C(=N\N)N1C. The number of nitrogens with zero attached hydrogens (tertiary/aromatic N) is 2. The zero-order valence-electron chi connectivity index (χ0n) is 6.37. The molecule has 4 heteroatoms. The summed E-state index contributed by atoms with van der Waals surface area (Å²) < 4.78 is 0. The van der Waals surface area contributed by atoms with Crippen LogP contribution in [0.25, 0.3) is 0 Å². The Bertz CT molecular complexity index is 146. The lowest BCUT2D eigenvalue weighted by Gasteiger charge is -2.17. The molecule has 58 valence electrons. The maximum Gasteiger partial charge on any atom is 0.182 e. The van der Waals surface area contributed by atoms with Crippen molar-refractivity contribution in [1.29, 1.82) is 0 Å². The van der Waals surface area contributed by atoms with Crippen LogP contribution < -0.4 is 5.84 Å². The second-order valence-electron chi connectivity index (χ2n) is 2.40. The van der Waals surface area contributed by atoms with Crippen LogP contribution >= 0.6 is 11.8 Å². The van der Waals surface area contributed by atoms with E-state index in [1.54, 1.807) is 11.8 Å². The van der Waals surface area contributed by atoms with E-state index in [4.69, 9.17) is 5.84 Å². The maximum absolute atomic E-state index is 5.17. The number of amidine groups is 1. The molecule has 1 rings (SSSR count). The Labute approximate surface area is 65.6 Å². The summed E-state index contributed by atoms with van der Waals surface area (Å²) in [5, 5.41) is 4.64. The van der Waals surface area contributed by atoms with Gasteiger partial charge in [0.15, 0.2) is 5.17 Å². The fourth-order valence-corrected chi connectivity index (χ4v) is 2.29. The van der Waals surface area contributed by atoms with Crippen LogP contribution in [0.2, 0.25) is 0 Å². The van der Waals surface area contributed by atoms with Crippen molar-refractivity contribution >= 4 is 16.9 Å². The van der Waals surface area contributed by atoms with Crippen molar-refractivity contribution in [3.63, 3.8) is 0 Å². The van der Waals surface area contributed by atoms with Gasteiger partial charge in [-0.05, 0) is 6.42 Å². The van der Waals surface area contributed by atoms with Crippen molar-refractivity contribution in [2.75, 3.05) is 12.8 Å². The second kappa shape index (κ2) is 3.14. The van der Waals surface area contributed by atoms with Gasteiger partial charge in [-0.15, -0.1) is 0 Å². The third kappa shape index (κ3) is 1.21. The summed E-state index contributed by atoms with van der Waals surface area (Å²) >= 11 is 1.73. The van der Waals surface area contributed by atoms with Crippen molar-refractivity contribution < 1.29 is 0 Å². The largest absolute Gasteiger partial charge is 0.349 e. The van der Waals surface area contributed by atoms with Crippen molar-refractivity contribution in [3.8, 4) is 0 Å². The molecule has 0 spiro atoms. The molecular weight excluding hydrogens is 146 g/mol. The number of hydrogen-bond donors (Lipinski definition) is 1. The predicted octanol–water partition coefficient (Wildman–Crippen LogP) is 0.673. The lowest BCUT2D eigenvalue weighted by molar-refractivity contribution is 0.403. The molecule has 0 aliphatic carbocycles. The summed E-state index contributed by atoms with van der Waals surface area (Å²) in [7, 11) is 2.04. The normalized spacial score (nSPS) is 30.0. The maximum atomic E-state index is 5.17. The highest BCUT2D eigenvalue weighted by Gasteiger charge is 2.24. The highest BCUT2D eigenvalue weighted by molar-refractivity contribution is 8.14. The Hall–Kier alpha value is -0.380. The van der Waals surface area contributed by atoms with E-state index in [0.717, 1.165) is 10.9 Å². The van der Waals surface area contributed by atoms with Gasteiger partial charge in [-0.25, -0.2) is 0 Å². The Morgan fingerprint density at radius 3 is 2.90 bits per heavy atom. The molecule has 0 aromatic rings. The van der Waals surface area contributed by atoms with Gasteiger partial charge in [0.25, 0.3) is 0 Å². The van der Waals surface area contributed by atoms with E-state index in [2.05, 4.69) is 16.9 Å². The Kier molecular flexibility index (Phi) is 2.43. The zero-order chi connectivity index (χ0) is 7.56. The molecular formula is C6H13N3S. The fourth-order valence-electron chi connectivity index (χ4n) is 1.06. The summed E-state index contributed by atoms with van der Waals surface area (Å²) in [6.07, 6.45) is 1.17. The minimum absolute atomic E-state index is 0.632. The van der Waals surface area contributed by atoms with Crippen LogP contribution in [0.15, 0.2) is 5.10 Å². The van der Waals surface area contributed by atoms with Gasteiger partial charge in [-0.1, -0.05) is 18.7 Å². The zero-order valence-corrected chi connectivity index (χ0v) is 7.19. The van der Waals surface area contributed by atoms with E-state index in [1.807, 2.05) is 7.05 Å². The van der Waals surface area contributed by atoms with E-state index < -0.39 is 0 Å². The van der Waals surface area contributed by atoms with Gasteiger partial charge in [-0.3, -0.25) is 0 Å². The van der Waals surface area contributed by atoms with Crippen LogP contribution in [-0.2, 0) is 0 Å². The highest BCUT2D eigenvalue weighted by atomic mass is 32.2. The first-order valence-corrected chi connectivity index (χ1v) is 4.41. The van der Waals surface area contributed by atoms with Gasteiger partial charge in [0.05, 0.1) is 0 Å². The van der Waals surface area contributed by atoms with Gasteiger partial charge >= 0.3 is 0 Å². The van der Waals surface area contributed by atoms with E-state index in [1.165, 1.54) is 6.42 Å². The molecule has 1 aliphatic rings. The first-order valence-electron chi connectivity index (χ1n) is 3.43. The standard InChI is InChI=1S/C6H13N3S/c1-3-5-4-10-6(8-7)9(5)2/h5H,3-4,7H2,1-2H3/b8-6-/t5-/m1/s1. The molecule has 0 amide bonds. The molecule has 1 atom stereocenters. The summed E-state index contributed by atoms with van der Waals surface area (Å²) in [5.41, 5.74) is 0. The van der Waals surface area contributed by atoms with Crippen molar-refractivity contribution in [1.82, 2.24) is 4.90 Å². The van der Waals surface area contributed by atoms with Gasteiger partial charge in [0, 0.05) is 18.8 Å². The van der Waals surface area contributed by atoms with E-state index in [-0.39, 0.29) is 0 Å². The lowest BCUT2D eigenvalue weighted by atomic mass is 10.2. The van der Waals surface area contributed by atoms with E-state index in [9.17, 15) is 0 Å². The fraction of sp³-hybridized carbons (Fsp3) is 0.833. The smallest absolute Gasteiger partial charge is 0.182 e. The first kappa shape index (κ1) is 7.72. The Morgan fingerprint density at radius 2 is 2.60 bits per heavy atom. The van der Waals surface area contributed by atoms with Gasteiger partial charge in [0.1, 0.15) is 0 Å². The molecule has 0 aromatic carbocycles. The molecule has 1 aliphatic heterocycles. The molecule has 3 nitrogen and oxygen atoms in total. The van der Waals surface area contributed by atoms with Gasteiger partial charge < -0.3 is 10.7 Å². The molecule has 0 aromatic heterocycles. The molecule has 0 saturated carbocycles. The third-order valence-corrected chi connectivity index (χ3v) is 3.04. The molecule has 2 N–H and O–H groups in total. The summed E-state index contributed by atoms with van der Waals surface area (Å²) in [6.45, 7) is 2.18. The van der Waals surface area contributed by atoms with Crippen molar-refractivity contribution in [3.05, 3.63) is 0 Å². The predicted molar refractivity (Wildman–Crippen MR) is 45.9 cm³/mol. The molecule has 1 heterocycles. The van der Waals surface area contributed by atoms with E-state index >= 15 is 0 Å². The van der Waals surface area contributed by atoms with Crippen molar-refractivity contribution in [2.45, 2.75) is 19.4 Å². The number of thioether (sulfide) groups is 1. The topological polar surface area (TPSA) is 41.6 Å². The van der Waals surface area contributed by atoms with Crippen LogP contribution in [0.3, 0.4) is 0 Å². The number of nitrogens with two attached hydrogens (primary N) is 1. The van der Waals surface area contributed by atoms with Crippen LogP contribution in [-0.4, -0.2) is 28.9 Å². The summed E-state index contributed by atoms with van der Waals surface area (Å²) in [5.74, 6) is 6.29. The summed E-state index contributed by atoms with van der Waals surface area (Å²) in [6, 6.07) is 0.632. The average molecular weight is 159 g/mol. The monoisotopic (exact) mass is 159 g/mol. The number of hydrazone groups is 1. The first-order chi connectivity index (χ1) is 4.79. The lowest BCUT2D eigenvalue weighted by Crippen LogP contribution is -2.29. The highest BCUT2D eigenvalue weighted by Crippen LogP contribution is 2.23. The van der Waals surface area contributed by atoms with Crippen LogP contribution in [0, 0.1) is 0 Å².